The molecule has 8 heteroatoms. The van der Waals surface area contributed by atoms with Crippen LogP contribution in [0.5, 0.6) is 0 Å². The summed E-state index contributed by atoms with van der Waals surface area (Å²) in [5.74, 6) is -0.276. The van der Waals surface area contributed by atoms with Crippen LogP contribution in [0.1, 0.15) is 36.2 Å². The van der Waals surface area contributed by atoms with Crippen LogP contribution in [0.15, 0.2) is 53.4 Å². The van der Waals surface area contributed by atoms with Gasteiger partial charge in [0.15, 0.2) is 0 Å². The topological polar surface area (TPSA) is 86.8 Å². The van der Waals surface area contributed by atoms with Gasteiger partial charge >= 0.3 is 0 Å². The molecule has 1 saturated heterocycles. The Kier molecular flexibility index (Phi) is 5.85. The van der Waals surface area contributed by atoms with E-state index in [9.17, 15) is 18.0 Å². The molecule has 0 bridgehead atoms. The highest BCUT2D eigenvalue weighted by Crippen LogP contribution is 2.35. The van der Waals surface area contributed by atoms with Gasteiger partial charge in [0.1, 0.15) is 0 Å². The molecular formula is C23H27N3O4S. The van der Waals surface area contributed by atoms with Crippen LogP contribution < -0.4 is 10.2 Å². The van der Waals surface area contributed by atoms with Gasteiger partial charge in [-0.3, -0.25) is 9.59 Å². The molecule has 1 atom stereocenters. The maximum Gasteiger partial charge on any atom is 0.258 e. The first-order valence-electron chi connectivity index (χ1n) is 10.6. The summed E-state index contributed by atoms with van der Waals surface area (Å²) < 4.78 is 27.3. The quantitative estimate of drug-likeness (QED) is 0.790. The summed E-state index contributed by atoms with van der Waals surface area (Å²) in [6.45, 7) is 4.47. The largest absolute Gasteiger partial charge is 0.354 e. The maximum atomic E-state index is 13.6. The Morgan fingerprint density at radius 1 is 1.13 bits per heavy atom. The molecule has 4 rings (SSSR count). The second-order valence-corrected chi connectivity index (χ2v) is 10.3. The summed E-state index contributed by atoms with van der Waals surface area (Å²) in [5.41, 5.74) is 2.33. The Morgan fingerprint density at radius 3 is 2.65 bits per heavy atom. The predicted molar refractivity (Wildman–Crippen MR) is 118 cm³/mol. The number of anilines is 1. The van der Waals surface area contributed by atoms with Crippen molar-refractivity contribution < 1.29 is 18.0 Å². The molecule has 2 aromatic carbocycles. The van der Waals surface area contributed by atoms with E-state index >= 15 is 0 Å². The normalized spacial score (nSPS) is 19.8. The Balaban J connectivity index is 1.70. The fraction of sp³-hybridized carbons (Fsp3) is 0.391. The molecule has 0 radical (unpaired) electrons. The van der Waals surface area contributed by atoms with Crippen molar-refractivity contribution in [2.24, 2.45) is 5.92 Å². The van der Waals surface area contributed by atoms with Crippen LogP contribution in [-0.4, -0.2) is 50.2 Å². The smallest absolute Gasteiger partial charge is 0.258 e. The summed E-state index contributed by atoms with van der Waals surface area (Å²) in [6.07, 6.45) is 1.77. The van der Waals surface area contributed by atoms with Crippen LogP contribution in [-0.2, 0) is 21.2 Å². The minimum absolute atomic E-state index is 0.0273. The first kappa shape index (κ1) is 21.5. The Bertz CT molecular complexity index is 1110. The lowest BCUT2D eigenvalue weighted by atomic mass is 9.88. The lowest BCUT2D eigenvalue weighted by Gasteiger charge is -2.39. The number of carbonyl (C=O) groups is 2. The predicted octanol–water partition coefficient (Wildman–Crippen LogP) is 2.42. The average molecular weight is 442 g/mol. The van der Waals surface area contributed by atoms with E-state index in [4.69, 9.17) is 0 Å². The van der Waals surface area contributed by atoms with Crippen molar-refractivity contribution >= 4 is 27.5 Å². The molecule has 164 valence electrons. The molecule has 0 saturated carbocycles. The third-order valence-electron chi connectivity index (χ3n) is 6.00. The third kappa shape index (κ3) is 4.09. The van der Waals surface area contributed by atoms with Gasteiger partial charge in [-0.2, -0.15) is 4.31 Å². The molecule has 0 unspecified atom stereocenters. The van der Waals surface area contributed by atoms with Crippen molar-refractivity contribution in [3.63, 3.8) is 0 Å². The highest BCUT2D eigenvalue weighted by atomic mass is 32.2. The van der Waals surface area contributed by atoms with Gasteiger partial charge in [-0.1, -0.05) is 38.1 Å². The number of rotatable bonds is 4. The summed E-state index contributed by atoms with van der Waals surface area (Å²) in [5, 5.41) is 2.63. The van der Waals surface area contributed by atoms with E-state index in [1.807, 2.05) is 29.2 Å². The molecule has 0 spiro atoms. The van der Waals surface area contributed by atoms with Crippen LogP contribution >= 0.6 is 0 Å². The number of hydrogen-bond donors (Lipinski definition) is 1. The van der Waals surface area contributed by atoms with Crippen LogP contribution in [0.25, 0.3) is 0 Å². The van der Waals surface area contributed by atoms with Gasteiger partial charge < -0.3 is 10.2 Å². The summed E-state index contributed by atoms with van der Waals surface area (Å²) >= 11 is 0. The van der Waals surface area contributed by atoms with Gasteiger partial charge in [-0.15, -0.1) is 0 Å². The number of para-hydroxylation sites is 1. The summed E-state index contributed by atoms with van der Waals surface area (Å²) in [4.78, 5) is 27.2. The highest BCUT2D eigenvalue weighted by Gasteiger charge is 2.34. The fourth-order valence-corrected chi connectivity index (χ4v) is 5.80. The van der Waals surface area contributed by atoms with Gasteiger partial charge in [0.2, 0.25) is 15.9 Å². The summed E-state index contributed by atoms with van der Waals surface area (Å²) in [7, 11) is -3.87. The van der Waals surface area contributed by atoms with E-state index in [-0.39, 0.29) is 48.3 Å². The molecule has 1 fully saturated rings. The zero-order valence-corrected chi connectivity index (χ0v) is 18.6. The second kappa shape index (κ2) is 8.43. The van der Waals surface area contributed by atoms with Crippen LogP contribution in [0.2, 0.25) is 0 Å². The molecule has 2 aromatic rings. The van der Waals surface area contributed by atoms with E-state index in [1.54, 1.807) is 12.1 Å². The zero-order chi connectivity index (χ0) is 22.2. The van der Waals surface area contributed by atoms with Crippen molar-refractivity contribution in [3.05, 3.63) is 59.7 Å². The van der Waals surface area contributed by atoms with Gasteiger partial charge in [-0.05, 0) is 48.6 Å². The number of amides is 2. The van der Waals surface area contributed by atoms with E-state index in [1.165, 1.54) is 12.1 Å². The number of sulfonamides is 1. The van der Waals surface area contributed by atoms with Crippen molar-refractivity contribution in [3.8, 4) is 0 Å². The number of aryl methyl sites for hydroxylation is 1. The second-order valence-electron chi connectivity index (χ2n) is 8.37. The molecule has 7 nitrogen and oxygen atoms in total. The van der Waals surface area contributed by atoms with Gasteiger partial charge in [-0.25, -0.2) is 8.42 Å². The standard InChI is InChI=1S/C23H27N3O4S/c1-16(2)20-11-10-17-6-3-4-9-21(17)26(20)23(28)18-7-5-8-19(14-18)31(29,30)25-13-12-24-22(27)15-25/h3-9,14,16,20H,10-13,15H2,1-2H3,(H,24,27)/t20-/m0/s1. The maximum absolute atomic E-state index is 13.6. The molecule has 2 aliphatic heterocycles. The molecule has 2 amide bonds. The molecule has 2 aliphatic rings. The average Bonchev–Trinajstić information content (AvgIpc) is 2.77. The third-order valence-corrected chi connectivity index (χ3v) is 7.84. The molecule has 1 N–H and O–H groups in total. The number of hydrogen-bond acceptors (Lipinski definition) is 4. The van der Waals surface area contributed by atoms with Crippen LogP contribution in [0.3, 0.4) is 0 Å². The molecular weight excluding hydrogens is 414 g/mol. The number of nitrogens with zero attached hydrogens (tertiary/aromatic N) is 2. The minimum atomic E-state index is -3.87. The van der Waals surface area contributed by atoms with E-state index in [0.29, 0.717) is 5.56 Å². The highest BCUT2D eigenvalue weighted by molar-refractivity contribution is 7.89. The first-order chi connectivity index (χ1) is 14.8. The number of piperazine rings is 1. The molecule has 2 heterocycles. The summed E-state index contributed by atoms with van der Waals surface area (Å²) in [6, 6.07) is 14.1. The van der Waals surface area contributed by atoms with E-state index in [2.05, 4.69) is 19.2 Å². The molecule has 0 aliphatic carbocycles. The van der Waals surface area contributed by atoms with Crippen molar-refractivity contribution in [1.82, 2.24) is 9.62 Å². The van der Waals surface area contributed by atoms with Crippen molar-refractivity contribution in [1.29, 1.82) is 0 Å². The van der Waals surface area contributed by atoms with Gasteiger partial charge in [0.25, 0.3) is 5.91 Å². The van der Waals surface area contributed by atoms with Crippen molar-refractivity contribution in [2.45, 2.75) is 37.6 Å². The van der Waals surface area contributed by atoms with Crippen LogP contribution in [0, 0.1) is 5.92 Å². The number of benzene rings is 2. The van der Waals surface area contributed by atoms with E-state index in [0.717, 1.165) is 28.4 Å². The van der Waals surface area contributed by atoms with Gasteiger partial charge in [0, 0.05) is 30.4 Å². The Hall–Kier alpha value is -2.71. The number of fused-ring (bicyclic) bond motifs is 1. The minimum Gasteiger partial charge on any atom is -0.354 e. The number of carbonyl (C=O) groups excluding carboxylic acids is 2. The van der Waals surface area contributed by atoms with Gasteiger partial charge in [0.05, 0.1) is 11.4 Å². The lowest BCUT2D eigenvalue weighted by molar-refractivity contribution is -0.122. The lowest BCUT2D eigenvalue weighted by Crippen LogP contribution is -2.49. The SMILES string of the molecule is CC(C)[C@@H]1CCc2ccccc2N1C(=O)c1cccc(S(=O)(=O)N2CCNC(=O)C2)c1. The van der Waals surface area contributed by atoms with Crippen molar-refractivity contribution in [2.75, 3.05) is 24.5 Å². The number of nitrogens with one attached hydrogen (secondary N) is 1. The van der Waals surface area contributed by atoms with E-state index < -0.39 is 10.0 Å². The van der Waals surface area contributed by atoms with Crippen LogP contribution in [0.4, 0.5) is 5.69 Å². The Labute approximate surface area is 183 Å². The molecule has 31 heavy (non-hydrogen) atoms. The first-order valence-corrected chi connectivity index (χ1v) is 12.0. The molecule has 0 aromatic heterocycles. The fourth-order valence-electron chi connectivity index (χ4n) is 4.36. The zero-order valence-electron chi connectivity index (χ0n) is 17.7. The Morgan fingerprint density at radius 2 is 1.90 bits per heavy atom. The monoisotopic (exact) mass is 441 g/mol.